The highest BCUT2D eigenvalue weighted by atomic mass is 15.3. The lowest BCUT2D eigenvalue weighted by Gasteiger charge is -2.31. The van der Waals surface area contributed by atoms with Gasteiger partial charge in [0, 0.05) is 5.56 Å². The van der Waals surface area contributed by atoms with Crippen molar-refractivity contribution >= 4 is 0 Å². The molecule has 2 aromatic carbocycles. The molecule has 0 atom stereocenters. The Kier molecular flexibility index (Phi) is 10.4. The monoisotopic (exact) mass is 380 g/mol. The van der Waals surface area contributed by atoms with Crippen molar-refractivity contribution in [3.8, 4) is 11.1 Å². The van der Waals surface area contributed by atoms with Crippen LogP contribution < -0.4 is 0 Å². The minimum Gasteiger partial charge on any atom is -0.325 e. The molecule has 28 heavy (non-hydrogen) atoms. The van der Waals surface area contributed by atoms with Crippen LogP contribution in [0.15, 0.2) is 54.6 Å². The molecule has 0 fully saturated rings. The van der Waals surface area contributed by atoms with Gasteiger partial charge in [-0.3, -0.25) is 0 Å². The molecular formula is C27H42N+. The molecule has 0 aliphatic rings. The molecule has 2 aromatic rings. The molecule has 0 aliphatic heterocycles. The predicted molar refractivity (Wildman–Crippen MR) is 124 cm³/mol. The van der Waals surface area contributed by atoms with Crippen molar-refractivity contribution in [3.05, 3.63) is 60.2 Å². The van der Waals surface area contributed by atoms with Crippen LogP contribution in [-0.4, -0.2) is 25.1 Å². The van der Waals surface area contributed by atoms with Crippen LogP contribution in [-0.2, 0) is 6.54 Å². The van der Waals surface area contributed by atoms with Gasteiger partial charge in [0.25, 0.3) is 0 Å². The summed E-state index contributed by atoms with van der Waals surface area (Å²) in [5.41, 5.74) is 4.18. The fourth-order valence-electron chi connectivity index (χ4n) is 4.12. The summed E-state index contributed by atoms with van der Waals surface area (Å²) in [5.74, 6) is 0. The minimum absolute atomic E-state index is 1.07. The van der Waals surface area contributed by atoms with Gasteiger partial charge < -0.3 is 4.48 Å². The van der Waals surface area contributed by atoms with Gasteiger partial charge in [0.05, 0.1) is 20.6 Å². The van der Waals surface area contributed by atoms with Crippen LogP contribution >= 0.6 is 0 Å². The van der Waals surface area contributed by atoms with Crippen LogP contribution in [0.4, 0.5) is 0 Å². The third-order valence-corrected chi connectivity index (χ3v) is 5.82. The first kappa shape index (κ1) is 22.7. The Labute approximate surface area is 174 Å². The maximum atomic E-state index is 2.38. The van der Waals surface area contributed by atoms with Gasteiger partial charge in [-0.05, 0) is 24.0 Å². The largest absolute Gasteiger partial charge is 0.325 e. The lowest BCUT2D eigenvalue weighted by molar-refractivity contribution is -0.903. The van der Waals surface area contributed by atoms with Gasteiger partial charge in [0.1, 0.15) is 6.54 Å². The van der Waals surface area contributed by atoms with E-state index in [1.54, 1.807) is 0 Å². The van der Waals surface area contributed by atoms with E-state index >= 15 is 0 Å². The summed E-state index contributed by atoms with van der Waals surface area (Å²) in [6.07, 6.45) is 14.1. The summed E-state index contributed by atoms with van der Waals surface area (Å²) in [5, 5.41) is 0. The van der Waals surface area contributed by atoms with Crippen LogP contribution in [0.25, 0.3) is 11.1 Å². The highest BCUT2D eigenvalue weighted by molar-refractivity contribution is 5.66. The first-order valence-electron chi connectivity index (χ1n) is 11.6. The molecule has 1 nitrogen and oxygen atoms in total. The Balaban J connectivity index is 1.71. The van der Waals surface area contributed by atoms with Gasteiger partial charge in [0.2, 0.25) is 0 Å². The number of benzene rings is 2. The van der Waals surface area contributed by atoms with E-state index in [0.717, 1.165) is 11.0 Å². The number of quaternary nitrogens is 1. The highest BCUT2D eigenvalue weighted by Crippen LogP contribution is 2.26. The van der Waals surface area contributed by atoms with Crippen molar-refractivity contribution < 1.29 is 4.48 Å². The lowest BCUT2D eigenvalue weighted by Crippen LogP contribution is -2.39. The van der Waals surface area contributed by atoms with E-state index in [2.05, 4.69) is 75.6 Å². The maximum absolute atomic E-state index is 2.38. The number of hydrogen-bond donors (Lipinski definition) is 0. The van der Waals surface area contributed by atoms with Crippen molar-refractivity contribution in [2.75, 3.05) is 20.6 Å². The summed E-state index contributed by atoms with van der Waals surface area (Å²) in [6.45, 7) is 4.66. The van der Waals surface area contributed by atoms with Crippen molar-refractivity contribution in [1.82, 2.24) is 0 Å². The van der Waals surface area contributed by atoms with Crippen LogP contribution in [0.2, 0.25) is 0 Å². The molecule has 0 saturated heterocycles. The molecule has 0 spiro atoms. The predicted octanol–water partition coefficient (Wildman–Crippen LogP) is 7.85. The zero-order valence-electron chi connectivity index (χ0n) is 18.6. The lowest BCUT2D eigenvalue weighted by atomic mass is 9.99. The van der Waals surface area contributed by atoms with E-state index in [0.29, 0.717) is 0 Å². The molecule has 0 amide bonds. The van der Waals surface area contributed by atoms with Crippen LogP contribution in [0, 0.1) is 0 Å². The smallest absolute Gasteiger partial charge is 0.105 e. The summed E-state index contributed by atoms with van der Waals surface area (Å²) >= 11 is 0. The van der Waals surface area contributed by atoms with Gasteiger partial charge in [0.15, 0.2) is 0 Å². The summed E-state index contributed by atoms with van der Waals surface area (Å²) in [4.78, 5) is 0. The third kappa shape index (κ3) is 8.61. The van der Waals surface area contributed by atoms with Crippen molar-refractivity contribution in [2.24, 2.45) is 0 Å². The second-order valence-corrected chi connectivity index (χ2v) is 9.02. The van der Waals surface area contributed by atoms with E-state index < -0.39 is 0 Å². The van der Waals surface area contributed by atoms with E-state index in [9.17, 15) is 0 Å². The van der Waals surface area contributed by atoms with E-state index in [1.807, 2.05) is 0 Å². The van der Waals surface area contributed by atoms with Gasteiger partial charge >= 0.3 is 0 Å². The quantitative estimate of drug-likeness (QED) is 0.231. The molecule has 0 N–H and O–H groups in total. The number of rotatable bonds is 14. The Morgan fingerprint density at radius 2 is 1.14 bits per heavy atom. The summed E-state index contributed by atoms with van der Waals surface area (Å²) < 4.78 is 1.07. The Bertz CT molecular complexity index is 644. The van der Waals surface area contributed by atoms with Crippen molar-refractivity contribution in [2.45, 2.75) is 77.7 Å². The highest BCUT2D eigenvalue weighted by Gasteiger charge is 2.17. The zero-order chi connectivity index (χ0) is 20.1. The van der Waals surface area contributed by atoms with Crippen molar-refractivity contribution in [3.63, 3.8) is 0 Å². The maximum Gasteiger partial charge on any atom is 0.105 e. The normalized spacial score (nSPS) is 11.7. The van der Waals surface area contributed by atoms with Gasteiger partial charge in [-0.1, -0.05) is 113 Å². The third-order valence-electron chi connectivity index (χ3n) is 5.82. The van der Waals surface area contributed by atoms with E-state index in [1.165, 1.54) is 87.4 Å². The molecule has 0 aromatic heterocycles. The topological polar surface area (TPSA) is 0 Å². The first-order chi connectivity index (χ1) is 13.6. The first-order valence-corrected chi connectivity index (χ1v) is 11.6. The van der Waals surface area contributed by atoms with Gasteiger partial charge in [-0.15, -0.1) is 0 Å². The average Bonchev–Trinajstić information content (AvgIpc) is 2.70. The Morgan fingerprint density at radius 3 is 1.79 bits per heavy atom. The molecule has 154 valence electrons. The standard InChI is InChI=1S/C27H42N/c1-4-5-6-7-8-9-10-11-12-18-23-28(2,3)24-26-21-16-17-22-27(26)25-19-14-13-15-20-25/h13-17,19-22H,4-12,18,23-24H2,1-3H3/q+1. The molecule has 0 bridgehead atoms. The molecule has 0 unspecified atom stereocenters. The molecule has 1 heteroatoms. The van der Waals surface area contributed by atoms with Crippen molar-refractivity contribution in [1.29, 1.82) is 0 Å². The molecular weight excluding hydrogens is 338 g/mol. The molecule has 0 aliphatic carbocycles. The van der Waals surface area contributed by atoms with Crippen LogP contribution in [0.3, 0.4) is 0 Å². The fraction of sp³-hybridized carbons (Fsp3) is 0.556. The molecule has 0 heterocycles. The number of hydrogen-bond acceptors (Lipinski definition) is 0. The van der Waals surface area contributed by atoms with Crippen LogP contribution in [0.1, 0.15) is 76.7 Å². The summed E-state index contributed by atoms with van der Waals surface area (Å²) in [7, 11) is 4.77. The minimum atomic E-state index is 1.07. The van der Waals surface area contributed by atoms with E-state index in [4.69, 9.17) is 0 Å². The molecule has 2 rings (SSSR count). The average molecular weight is 381 g/mol. The SMILES string of the molecule is CCCCCCCCCCCC[N+](C)(C)Cc1ccccc1-c1ccccc1. The van der Waals surface area contributed by atoms with Crippen LogP contribution in [0.5, 0.6) is 0 Å². The van der Waals surface area contributed by atoms with Gasteiger partial charge in [-0.2, -0.15) is 0 Å². The number of unbranched alkanes of at least 4 members (excludes halogenated alkanes) is 9. The van der Waals surface area contributed by atoms with Gasteiger partial charge in [-0.25, -0.2) is 0 Å². The summed E-state index contributed by atoms with van der Waals surface area (Å²) in [6, 6.07) is 19.7. The second kappa shape index (κ2) is 12.8. The number of nitrogens with zero attached hydrogens (tertiary/aromatic N) is 1. The molecule has 0 saturated carbocycles. The Morgan fingerprint density at radius 1 is 0.607 bits per heavy atom. The Hall–Kier alpha value is -1.60. The zero-order valence-corrected chi connectivity index (χ0v) is 18.6. The molecule has 0 radical (unpaired) electrons. The second-order valence-electron chi connectivity index (χ2n) is 9.02. The van der Waals surface area contributed by atoms with E-state index in [-0.39, 0.29) is 0 Å². The fourth-order valence-corrected chi connectivity index (χ4v) is 4.12.